The molecule has 0 saturated heterocycles. The first-order valence-corrected chi connectivity index (χ1v) is 13.6. The summed E-state index contributed by atoms with van der Waals surface area (Å²) in [5.41, 5.74) is 2.75. The third-order valence-electron chi connectivity index (χ3n) is 12.8. The van der Waals surface area contributed by atoms with E-state index in [4.69, 9.17) is 0 Å². The predicted molar refractivity (Wildman–Crippen MR) is 131 cm³/mol. The minimum absolute atomic E-state index is 0.0952. The van der Waals surface area contributed by atoms with Gasteiger partial charge in [-0.05, 0) is 97.2 Å². The number of aliphatic hydroxyl groups is 1. The van der Waals surface area contributed by atoms with E-state index in [-0.39, 0.29) is 28.3 Å². The van der Waals surface area contributed by atoms with Gasteiger partial charge in [0.25, 0.3) is 0 Å². The molecular formula is C30H48O2. The molecule has 5 aliphatic carbocycles. The van der Waals surface area contributed by atoms with Gasteiger partial charge < -0.3 is 5.11 Å². The van der Waals surface area contributed by atoms with Gasteiger partial charge >= 0.3 is 0 Å². The fourth-order valence-electron chi connectivity index (χ4n) is 10.3. The van der Waals surface area contributed by atoms with Crippen LogP contribution >= 0.6 is 0 Å². The van der Waals surface area contributed by atoms with E-state index in [0.717, 1.165) is 25.2 Å². The molecule has 0 aromatic rings. The molecule has 5 rings (SSSR count). The maximum Gasteiger partial charge on any atom is 0.138 e. The van der Waals surface area contributed by atoms with Crippen LogP contribution in [0, 0.1) is 50.2 Å². The average Bonchev–Trinajstić information content (AvgIpc) is 2.72. The van der Waals surface area contributed by atoms with Gasteiger partial charge in [-0.1, -0.05) is 60.1 Å². The smallest absolute Gasteiger partial charge is 0.138 e. The van der Waals surface area contributed by atoms with Gasteiger partial charge in [-0.25, -0.2) is 0 Å². The summed E-state index contributed by atoms with van der Waals surface area (Å²) in [4.78, 5) is 12.9. The summed E-state index contributed by atoms with van der Waals surface area (Å²) in [5.74, 6) is 1.95. The number of Topliss-reactive ketones (excluding diaryl/α,β-unsaturated/α-hetero) is 1. The van der Waals surface area contributed by atoms with E-state index in [0.29, 0.717) is 34.9 Å². The fraction of sp³-hybridized carbons (Fsp3) is 0.900. The van der Waals surface area contributed by atoms with Gasteiger partial charge in [0, 0.05) is 23.9 Å². The number of ketones is 1. The van der Waals surface area contributed by atoms with E-state index >= 15 is 0 Å². The van der Waals surface area contributed by atoms with Crippen LogP contribution in [0.2, 0.25) is 0 Å². The number of hydrogen-bond acceptors (Lipinski definition) is 2. The molecule has 4 saturated carbocycles. The number of carbonyl (C=O) groups excluding carboxylic acids is 1. The van der Waals surface area contributed by atoms with E-state index in [2.05, 4.69) is 54.5 Å². The van der Waals surface area contributed by atoms with Crippen molar-refractivity contribution in [2.24, 2.45) is 50.2 Å². The molecule has 3 unspecified atom stereocenters. The lowest BCUT2D eigenvalue weighted by Crippen LogP contribution is -2.65. The van der Waals surface area contributed by atoms with E-state index in [1.807, 2.05) is 0 Å². The van der Waals surface area contributed by atoms with Crippen molar-refractivity contribution in [1.82, 2.24) is 0 Å². The molecule has 32 heavy (non-hydrogen) atoms. The Labute approximate surface area is 197 Å². The number of hydrogen-bond donors (Lipinski definition) is 1. The van der Waals surface area contributed by atoms with Crippen molar-refractivity contribution >= 4 is 5.78 Å². The van der Waals surface area contributed by atoms with Gasteiger partial charge in [0.15, 0.2) is 0 Å². The molecule has 0 amide bonds. The molecular weight excluding hydrogens is 392 g/mol. The first-order valence-electron chi connectivity index (χ1n) is 13.6. The summed E-state index contributed by atoms with van der Waals surface area (Å²) in [7, 11) is 0. The van der Waals surface area contributed by atoms with Crippen molar-refractivity contribution in [3.63, 3.8) is 0 Å². The lowest BCUT2D eigenvalue weighted by Gasteiger charge is -2.71. The fourth-order valence-corrected chi connectivity index (χ4v) is 10.3. The topological polar surface area (TPSA) is 37.3 Å². The first kappa shape index (κ1) is 23.1. The zero-order valence-corrected chi connectivity index (χ0v) is 21.9. The van der Waals surface area contributed by atoms with Crippen molar-refractivity contribution in [3.05, 3.63) is 11.6 Å². The molecule has 180 valence electrons. The highest BCUT2D eigenvalue weighted by Crippen LogP contribution is 2.75. The van der Waals surface area contributed by atoms with Crippen LogP contribution in [0.5, 0.6) is 0 Å². The van der Waals surface area contributed by atoms with E-state index in [9.17, 15) is 9.90 Å². The van der Waals surface area contributed by atoms with Crippen molar-refractivity contribution in [3.8, 4) is 0 Å². The number of fused-ring (bicyclic) bond motifs is 7. The summed E-state index contributed by atoms with van der Waals surface area (Å²) in [6, 6.07) is 0. The second-order valence-electron chi connectivity index (χ2n) is 14.9. The zero-order valence-electron chi connectivity index (χ0n) is 21.9. The summed E-state index contributed by atoms with van der Waals surface area (Å²) in [6.45, 7) is 17.4. The Hall–Kier alpha value is -0.630. The zero-order chi connectivity index (χ0) is 23.4. The molecule has 1 N–H and O–H groups in total. The third-order valence-corrected chi connectivity index (χ3v) is 12.8. The van der Waals surface area contributed by atoms with Crippen LogP contribution in [-0.2, 0) is 4.79 Å². The highest BCUT2D eigenvalue weighted by Gasteiger charge is 2.69. The highest BCUT2D eigenvalue weighted by molar-refractivity contribution is 5.85. The molecule has 5 aliphatic rings. The molecule has 0 aromatic heterocycles. The van der Waals surface area contributed by atoms with Crippen LogP contribution in [0.1, 0.15) is 113 Å². The van der Waals surface area contributed by atoms with E-state index in [1.54, 1.807) is 5.57 Å². The van der Waals surface area contributed by atoms with Crippen molar-refractivity contribution in [1.29, 1.82) is 0 Å². The minimum Gasteiger partial charge on any atom is -0.396 e. The lowest BCUT2D eigenvalue weighted by atomic mass is 9.33. The first-order chi connectivity index (χ1) is 14.8. The normalized spacial score (nSPS) is 51.6. The molecule has 0 bridgehead atoms. The standard InChI is InChI=1S/C30H48O2/c1-25(2)14-15-27(5)16-17-28(6)20(21(27)18-25)8-9-23-29(28,7)12-10-22-26(3,4)24(32)11-13-30(22,23)19-31/h8,21-23,31H,9-19H2,1-7H3/t21?,22?,23?,27-,28-,29-,30-/m1/s1. The van der Waals surface area contributed by atoms with Crippen LogP contribution in [0.4, 0.5) is 0 Å². The van der Waals surface area contributed by atoms with Crippen molar-refractivity contribution < 1.29 is 9.90 Å². The van der Waals surface area contributed by atoms with Gasteiger partial charge in [-0.3, -0.25) is 4.79 Å². The maximum absolute atomic E-state index is 12.9. The summed E-state index contributed by atoms with van der Waals surface area (Å²) >= 11 is 0. The highest BCUT2D eigenvalue weighted by atomic mass is 16.3. The molecule has 2 nitrogen and oxygen atoms in total. The van der Waals surface area contributed by atoms with Gasteiger partial charge in [0.2, 0.25) is 0 Å². The average molecular weight is 441 g/mol. The predicted octanol–water partition coefficient (Wildman–Crippen LogP) is 7.35. The minimum atomic E-state index is -0.300. The Kier molecular flexibility index (Phi) is 4.87. The summed E-state index contributed by atoms with van der Waals surface area (Å²) < 4.78 is 0. The molecule has 0 spiro atoms. The summed E-state index contributed by atoms with van der Waals surface area (Å²) in [6.07, 6.45) is 14.4. The third kappa shape index (κ3) is 2.71. The number of allylic oxidation sites excluding steroid dienone is 2. The molecule has 0 heterocycles. The molecule has 4 fully saturated rings. The van der Waals surface area contributed by atoms with Crippen LogP contribution in [0.15, 0.2) is 11.6 Å². The molecule has 0 aromatic carbocycles. The van der Waals surface area contributed by atoms with Crippen molar-refractivity contribution in [2.45, 2.75) is 113 Å². The van der Waals surface area contributed by atoms with Crippen LogP contribution in [0.25, 0.3) is 0 Å². The number of aliphatic hydroxyl groups excluding tert-OH is 1. The molecule has 0 radical (unpaired) electrons. The van der Waals surface area contributed by atoms with Crippen LogP contribution in [0.3, 0.4) is 0 Å². The van der Waals surface area contributed by atoms with Gasteiger partial charge in [0.05, 0.1) is 0 Å². The Balaban J connectivity index is 1.60. The Bertz CT molecular complexity index is 851. The van der Waals surface area contributed by atoms with E-state index < -0.39 is 0 Å². The number of carbonyl (C=O) groups is 1. The Morgan fingerprint density at radius 3 is 2.28 bits per heavy atom. The largest absolute Gasteiger partial charge is 0.396 e. The Morgan fingerprint density at radius 1 is 0.906 bits per heavy atom. The quantitative estimate of drug-likeness (QED) is 0.433. The van der Waals surface area contributed by atoms with Gasteiger partial charge in [0.1, 0.15) is 5.78 Å². The second kappa shape index (κ2) is 6.73. The SMILES string of the molecule is CC1(C)CC[C@]2(C)CC[C@]3(C)C(=CCC4[C@@]5(CO)CCC(=O)C(C)(C)C5CC[C@]43C)C2C1. The van der Waals surface area contributed by atoms with Gasteiger partial charge in [-0.2, -0.15) is 0 Å². The lowest BCUT2D eigenvalue weighted by molar-refractivity contribution is -0.200. The van der Waals surface area contributed by atoms with Crippen LogP contribution in [-0.4, -0.2) is 17.5 Å². The monoisotopic (exact) mass is 440 g/mol. The molecule has 0 aliphatic heterocycles. The van der Waals surface area contributed by atoms with Gasteiger partial charge in [-0.15, -0.1) is 0 Å². The summed E-state index contributed by atoms with van der Waals surface area (Å²) in [5, 5.41) is 11.0. The van der Waals surface area contributed by atoms with E-state index in [1.165, 1.54) is 38.5 Å². The number of rotatable bonds is 1. The van der Waals surface area contributed by atoms with Crippen LogP contribution < -0.4 is 0 Å². The maximum atomic E-state index is 12.9. The second-order valence-corrected chi connectivity index (χ2v) is 14.9. The Morgan fingerprint density at radius 2 is 1.59 bits per heavy atom. The van der Waals surface area contributed by atoms with Crippen molar-refractivity contribution in [2.75, 3.05) is 6.61 Å². The molecule has 2 heteroatoms. The molecule has 7 atom stereocenters.